The summed E-state index contributed by atoms with van der Waals surface area (Å²) in [4.78, 5) is 27.2. The van der Waals surface area contributed by atoms with Crippen LogP contribution < -0.4 is 39.6 Å². The summed E-state index contributed by atoms with van der Waals surface area (Å²) < 4.78 is 16.1. The smallest absolute Gasteiger partial charge is 0.550 e. The first-order valence-corrected chi connectivity index (χ1v) is 14.2. The Hall–Kier alpha value is -3.27. The molecule has 2 unspecified atom stereocenters. The minimum Gasteiger partial charge on any atom is -0.550 e. The topological polar surface area (TPSA) is 106 Å². The van der Waals surface area contributed by atoms with Gasteiger partial charge in [0.2, 0.25) is 0 Å². The first kappa shape index (κ1) is 32.6. The van der Waals surface area contributed by atoms with E-state index in [0.717, 1.165) is 39.2 Å². The van der Waals surface area contributed by atoms with E-state index in [1.54, 1.807) is 17.0 Å². The van der Waals surface area contributed by atoms with Gasteiger partial charge in [0.1, 0.15) is 11.5 Å². The molecule has 0 saturated heterocycles. The number of para-hydroxylation sites is 1. The molecule has 2 atom stereocenters. The number of aliphatic hydroxyl groups is 2. The molecular weight excluding hydrogens is 558 g/mol. The summed E-state index contributed by atoms with van der Waals surface area (Å²) in [5.41, 5.74) is 6.24. The second-order valence-corrected chi connectivity index (χ2v) is 11.1. The summed E-state index contributed by atoms with van der Waals surface area (Å²) in [7, 11) is 0. The van der Waals surface area contributed by atoms with Gasteiger partial charge >= 0.3 is 29.6 Å². The number of amides is 1. The van der Waals surface area contributed by atoms with E-state index >= 15 is 0 Å². The number of halogens is 1. The fraction of sp³-hybridized carbons (Fsp3) is 0.294. The number of anilines is 1. The standard InChI is InChI=1S/C34H35FN2O5.Na/c1-21(2)37-29(17-16-26(38)18-27(39)19-30(40)41)31(22-12-14-24(35)15-13-22)32-28-11-7-6-8-23(28)20-36(34(42)33(32)37)25-9-4-3-5-10-25;/h3-15,21,26-27,38-39H,16-20H2,1-2H3,(H,40,41);/q;+1/p-1. The molecule has 5 rings (SSSR count). The summed E-state index contributed by atoms with van der Waals surface area (Å²) in [5.74, 6) is -1.93. The maximum Gasteiger partial charge on any atom is 1.00 e. The molecule has 9 heteroatoms. The van der Waals surface area contributed by atoms with E-state index in [9.17, 15) is 29.3 Å². The van der Waals surface area contributed by atoms with Crippen molar-refractivity contribution in [3.8, 4) is 22.3 Å². The first-order valence-electron chi connectivity index (χ1n) is 14.2. The van der Waals surface area contributed by atoms with Crippen molar-refractivity contribution in [2.24, 2.45) is 0 Å². The van der Waals surface area contributed by atoms with Gasteiger partial charge in [-0.25, -0.2) is 4.39 Å². The maximum atomic E-state index is 14.6. The number of carbonyl (C=O) groups is 2. The van der Waals surface area contributed by atoms with Crippen LogP contribution in [0.1, 0.15) is 60.9 Å². The van der Waals surface area contributed by atoms with Crippen molar-refractivity contribution >= 4 is 17.6 Å². The Labute approximate surface area is 272 Å². The Morgan fingerprint density at radius 1 is 0.930 bits per heavy atom. The van der Waals surface area contributed by atoms with Crippen molar-refractivity contribution < 1.29 is 58.9 Å². The van der Waals surface area contributed by atoms with Crippen molar-refractivity contribution in [3.63, 3.8) is 0 Å². The van der Waals surface area contributed by atoms with Crippen molar-refractivity contribution in [2.45, 2.75) is 64.3 Å². The van der Waals surface area contributed by atoms with Crippen LogP contribution in [0.4, 0.5) is 10.1 Å². The quantitative estimate of drug-likeness (QED) is 0.274. The van der Waals surface area contributed by atoms with Crippen LogP contribution >= 0.6 is 0 Å². The molecule has 4 aromatic rings. The predicted octanol–water partition coefficient (Wildman–Crippen LogP) is 1.89. The van der Waals surface area contributed by atoms with Crippen LogP contribution in [0.2, 0.25) is 0 Å². The minimum absolute atomic E-state index is 0. The van der Waals surface area contributed by atoms with Crippen LogP contribution in [0.15, 0.2) is 78.9 Å². The maximum absolute atomic E-state index is 14.6. The number of aliphatic carboxylic acids is 1. The molecule has 0 saturated carbocycles. The third kappa shape index (κ3) is 6.95. The molecule has 1 aliphatic rings. The molecule has 1 aromatic heterocycles. The molecule has 1 aliphatic heterocycles. The number of benzene rings is 3. The second-order valence-electron chi connectivity index (χ2n) is 11.1. The number of nitrogens with zero attached hydrogens (tertiary/aromatic N) is 2. The zero-order valence-electron chi connectivity index (χ0n) is 24.7. The van der Waals surface area contributed by atoms with Crippen molar-refractivity contribution in [3.05, 3.63) is 102 Å². The molecule has 0 bridgehead atoms. The van der Waals surface area contributed by atoms with Gasteiger partial charge in [-0.3, -0.25) is 4.79 Å². The van der Waals surface area contributed by atoms with Crippen LogP contribution in [-0.2, 0) is 17.8 Å². The zero-order valence-corrected chi connectivity index (χ0v) is 26.7. The molecule has 0 fully saturated rings. The van der Waals surface area contributed by atoms with Crippen molar-refractivity contribution in [2.75, 3.05) is 4.90 Å². The van der Waals surface area contributed by atoms with E-state index in [2.05, 4.69) is 0 Å². The molecular formula is C34H34FN2NaO5. The van der Waals surface area contributed by atoms with Crippen LogP contribution in [0.3, 0.4) is 0 Å². The van der Waals surface area contributed by atoms with Gasteiger partial charge < -0.3 is 29.6 Å². The zero-order chi connectivity index (χ0) is 30.0. The number of hydrogen-bond donors (Lipinski definition) is 2. The van der Waals surface area contributed by atoms with E-state index < -0.39 is 24.6 Å². The Morgan fingerprint density at radius 3 is 2.23 bits per heavy atom. The van der Waals surface area contributed by atoms with E-state index in [4.69, 9.17) is 0 Å². The fourth-order valence-electron chi connectivity index (χ4n) is 5.95. The molecule has 2 N–H and O–H groups in total. The number of aromatic nitrogens is 1. The summed E-state index contributed by atoms with van der Waals surface area (Å²) in [6.45, 7) is 4.36. The molecule has 1 amide bonds. The Bertz CT molecular complexity index is 1590. The monoisotopic (exact) mass is 592 g/mol. The van der Waals surface area contributed by atoms with E-state index in [0.29, 0.717) is 18.7 Å². The third-order valence-electron chi connectivity index (χ3n) is 7.75. The predicted molar refractivity (Wildman–Crippen MR) is 157 cm³/mol. The summed E-state index contributed by atoms with van der Waals surface area (Å²) in [6.07, 6.45) is -2.35. The van der Waals surface area contributed by atoms with E-state index in [1.807, 2.05) is 73.0 Å². The van der Waals surface area contributed by atoms with Crippen molar-refractivity contribution in [1.82, 2.24) is 4.57 Å². The molecule has 218 valence electrons. The molecule has 0 spiro atoms. The van der Waals surface area contributed by atoms with Crippen LogP contribution in [0.5, 0.6) is 0 Å². The van der Waals surface area contributed by atoms with Gasteiger partial charge in [-0.15, -0.1) is 0 Å². The summed E-state index contributed by atoms with van der Waals surface area (Å²) in [6, 6.07) is 23.5. The van der Waals surface area contributed by atoms with Crippen molar-refractivity contribution in [1.29, 1.82) is 0 Å². The normalized spacial score (nSPS) is 14.0. The van der Waals surface area contributed by atoms with E-state index in [1.165, 1.54) is 12.1 Å². The Morgan fingerprint density at radius 2 is 1.58 bits per heavy atom. The van der Waals surface area contributed by atoms with Gasteiger partial charge in [0.15, 0.2) is 0 Å². The fourth-order valence-corrected chi connectivity index (χ4v) is 5.95. The van der Waals surface area contributed by atoms with Crippen LogP contribution in [-0.4, -0.2) is 38.9 Å². The van der Waals surface area contributed by atoms with Gasteiger partial charge in [0, 0.05) is 40.9 Å². The number of fused-ring (bicyclic) bond motifs is 3. The van der Waals surface area contributed by atoms with Gasteiger partial charge in [0.25, 0.3) is 5.91 Å². The second kappa shape index (κ2) is 14.0. The largest absolute Gasteiger partial charge is 1.00 e. The van der Waals surface area contributed by atoms with Crippen LogP contribution in [0.25, 0.3) is 22.3 Å². The SMILES string of the molecule is CC(C)n1c(CCC(O)CC(O)CC(=O)[O-])c(-c2ccc(F)cc2)c2c1C(=O)N(c1ccccc1)Cc1ccccc1-2.[Na+]. The summed E-state index contributed by atoms with van der Waals surface area (Å²) >= 11 is 0. The van der Waals surface area contributed by atoms with E-state index in [-0.39, 0.29) is 60.2 Å². The average molecular weight is 593 g/mol. The van der Waals surface area contributed by atoms with Gasteiger partial charge in [0.05, 0.1) is 18.8 Å². The molecule has 3 aromatic carbocycles. The molecule has 0 aliphatic carbocycles. The molecule has 2 heterocycles. The summed E-state index contributed by atoms with van der Waals surface area (Å²) in [5, 5.41) is 31.7. The molecule has 43 heavy (non-hydrogen) atoms. The number of carboxylic acids is 1. The molecule has 7 nitrogen and oxygen atoms in total. The Balaban J connectivity index is 0.00000423. The number of carbonyl (C=O) groups excluding carboxylic acids is 2. The van der Waals surface area contributed by atoms with Gasteiger partial charge in [-0.1, -0.05) is 54.6 Å². The number of rotatable bonds is 10. The number of aliphatic hydroxyl groups excluding tert-OH is 2. The Kier molecular flexibility index (Phi) is 10.6. The molecule has 0 radical (unpaired) electrons. The van der Waals surface area contributed by atoms with Gasteiger partial charge in [-0.05, 0) is 74.1 Å². The number of hydrogen-bond acceptors (Lipinski definition) is 5. The van der Waals surface area contributed by atoms with Gasteiger partial charge in [-0.2, -0.15) is 0 Å². The van der Waals surface area contributed by atoms with Crippen LogP contribution in [0, 0.1) is 5.82 Å². The average Bonchev–Trinajstić information content (AvgIpc) is 3.24. The first-order chi connectivity index (χ1) is 20.2. The number of carboxylic acid groups (broad SMARTS) is 1. The minimum atomic E-state index is -1.38. The third-order valence-corrected chi connectivity index (χ3v) is 7.75.